The monoisotopic (exact) mass is 1100 g/mol. The number of amides is 1. The van der Waals surface area contributed by atoms with Crippen molar-refractivity contribution in [2.24, 2.45) is 0 Å². The molecule has 6 N–H and O–H groups in total. The standard InChI is InChI=1S/C67H119NO10/c1-4-7-10-13-16-19-22-24-25-26-27-28-29-30-31-32-33-34-35-36-37-40-42-45-48-51-54-60(71)66(75)68-58(59(70)53-50-47-44-41-39-23-20-17-14-11-8-5-2)57-76-67-65(64(74)63(73)61(56-69)77-67)78-62(72)55-52-49-46-43-38-21-18-15-12-9-6-3/h7,10,16,19,24-25,27-28,30-31,50,53,58-61,63-65,67,69-71,73-74H,4-6,8-9,11-15,17-18,20-23,26,29,32-49,51-52,54-57H2,1-3H3,(H,68,75)/b10-7-,19-16-,25-24-,28-27-,31-30-,53-50+. The van der Waals surface area contributed by atoms with Crippen LogP contribution in [0.1, 0.15) is 278 Å². The molecule has 11 heteroatoms. The van der Waals surface area contributed by atoms with Gasteiger partial charge in [-0.1, -0.05) is 273 Å². The van der Waals surface area contributed by atoms with E-state index in [4.69, 9.17) is 14.2 Å². The van der Waals surface area contributed by atoms with Crippen LogP contribution in [0.2, 0.25) is 0 Å². The Morgan fingerprint density at radius 2 is 0.923 bits per heavy atom. The molecule has 0 aromatic carbocycles. The Bertz CT molecular complexity index is 1540. The first-order valence-electron chi connectivity index (χ1n) is 32.2. The van der Waals surface area contributed by atoms with Gasteiger partial charge in [0.2, 0.25) is 5.91 Å². The van der Waals surface area contributed by atoms with Crippen LogP contribution in [0.3, 0.4) is 0 Å². The van der Waals surface area contributed by atoms with Gasteiger partial charge in [-0.05, 0) is 70.6 Å². The van der Waals surface area contributed by atoms with Crippen LogP contribution in [0.4, 0.5) is 0 Å². The summed E-state index contributed by atoms with van der Waals surface area (Å²) >= 11 is 0. The predicted octanol–water partition coefficient (Wildman–Crippen LogP) is 15.6. The lowest BCUT2D eigenvalue weighted by Gasteiger charge is -2.41. The summed E-state index contributed by atoms with van der Waals surface area (Å²) in [5.41, 5.74) is 0. The van der Waals surface area contributed by atoms with E-state index in [1.165, 1.54) is 135 Å². The highest BCUT2D eigenvalue weighted by Gasteiger charge is 2.47. The van der Waals surface area contributed by atoms with Crippen LogP contribution in [-0.2, 0) is 23.8 Å². The summed E-state index contributed by atoms with van der Waals surface area (Å²) in [7, 11) is 0. The van der Waals surface area contributed by atoms with Gasteiger partial charge in [-0.3, -0.25) is 9.59 Å². The summed E-state index contributed by atoms with van der Waals surface area (Å²) in [6.45, 7) is 5.66. The van der Waals surface area contributed by atoms with Crippen LogP contribution < -0.4 is 5.32 Å². The summed E-state index contributed by atoms with van der Waals surface area (Å²) in [6, 6.07) is -1.03. The molecule has 0 saturated carbocycles. The molecule has 0 spiro atoms. The number of carbonyl (C=O) groups excluding carboxylic acids is 2. The molecule has 1 saturated heterocycles. The molecule has 0 aromatic heterocycles. The van der Waals surface area contributed by atoms with E-state index >= 15 is 0 Å². The first-order chi connectivity index (χ1) is 38.2. The van der Waals surface area contributed by atoms with Crippen molar-refractivity contribution in [2.45, 2.75) is 327 Å². The third-order valence-electron chi connectivity index (χ3n) is 14.9. The quantitative estimate of drug-likeness (QED) is 0.0195. The van der Waals surface area contributed by atoms with Gasteiger partial charge in [-0.25, -0.2) is 0 Å². The van der Waals surface area contributed by atoms with E-state index < -0.39 is 67.4 Å². The predicted molar refractivity (Wildman–Crippen MR) is 324 cm³/mol. The first kappa shape index (κ1) is 73.1. The van der Waals surface area contributed by atoms with Crippen molar-refractivity contribution in [1.29, 1.82) is 0 Å². The molecule has 8 unspecified atom stereocenters. The number of unbranched alkanes of at least 4 members (excludes halogenated alkanes) is 30. The second-order valence-electron chi connectivity index (χ2n) is 22.1. The summed E-state index contributed by atoms with van der Waals surface area (Å²) in [4.78, 5) is 26.5. The van der Waals surface area contributed by atoms with E-state index in [1.54, 1.807) is 6.08 Å². The molecule has 0 aromatic rings. The number of ether oxygens (including phenoxy) is 3. The maximum absolute atomic E-state index is 13.4. The first-order valence-corrected chi connectivity index (χ1v) is 32.2. The minimum absolute atomic E-state index is 0.125. The number of hydrogen-bond acceptors (Lipinski definition) is 10. The highest BCUT2D eigenvalue weighted by Crippen LogP contribution is 2.26. The van der Waals surface area contributed by atoms with Crippen molar-refractivity contribution >= 4 is 11.9 Å². The van der Waals surface area contributed by atoms with Gasteiger partial charge in [0.15, 0.2) is 12.4 Å². The topological polar surface area (TPSA) is 175 Å². The molecule has 1 heterocycles. The Morgan fingerprint density at radius 3 is 1.38 bits per heavy atom. The lowest BCUT2D eigenvalue weighted by atomic mass is 9.99. The van der Waals surface area contributed by atoms with Gasteiger partial charge in [0.05, 0.1) is 25.4 Å². The van der Waals surface area contributed by atoms with E-state index in [-0.39, 0.29) is 19.4 Å². The maximum Gasteiger partial charge on any atom is 0.306 e. The van der Waals surface area contributed by atoms with Gasteiger partial charge in [0.25, 0.3) is 0 Å². The number of carbonyl (C=O) groups is 2. The molecular weight excluding hydrogens is 979 g/mol. The lowest BCUT2D eigenvalue weighted by molar-refractivity contribution is -0.305. The number of rotatable bonds is 54. The van der Waals surface area contributed by atoms with Crippen molar-refractivity contribution in [1.82, 2.24) is 5.32 Å². The average Bonchev–Trinajstić information content (AvgIpc) is 3.44. The van der Waals surface area contributed by atoms with Crippen LogP contribution in [-0.4, -0.2) is 99.6 Å². The molecule has 11 nitrogen and oxygen atoms in total. The second kappa shape index (κ2) is 54.7. The Morgan fingerprint density at radius 1 is 0.513 bits per heavy atom. The van der Waals surface area contributed by atoms with Crippen LogP contribution in [0.15, 0.2) is 72.9 Å². The number of hydrogen-bond donors (Lipinski definition) is 6. The summed E-state index contributed by atoms with van der Waals surface area (Å²) in [6.07, 6.45) is 59.5. The van der Waals surface area contributed by atoms with Crippen molar-refractivity contribution in [3.8, 4) is 0 Å². The van der Waals surface area contributed by atoms with E-state index in [1.807, 2.05) is 6.08 Å². The fourth-order valence-electron chi connectivity index (χ4n) is 9.80. The maximum atomic E-state index is 13.4. The molecule has 452 valence electrons. The zero-order valence-electron chi connectivity index (χ0n) is 50.0. The zero-order chi connectivity index (χ0) is 56.8. The third kappa shape index (κ3) is 42.0. The summed E-state index contributed by atoms with van der Waals surface area (Å²) < 4.78 is 17.6. The van der Waals surface area contributed by atoms with E-state index in [9.17, 15) is 35.1 Å². The van der Waals surface area contributed by atoms with Crippen LogP contribution in [0.25, 0.3) is 0 Å². The molecule has 1 aliphatic heterocycles. The number of allylic oxidation sites excluding steroid dienone is 11. The van der Waals surface area contributed by atoms with E-state index in [2.05, 4.69) is 86.8 Å². The van der Waals surface area contributed by atoms with Gasteiger partial charge in [0.1, 0.15) is 24.4 Å². The SMILES string of the molecule is CC/C=C\C/C=C\C/C=C\C/C=C\C/C=C\CCCCCCCCCCCCC(O)C(=O)NC(COC1OC(CO)C(O)C(O)C1OC(=O)CCCCCCCCCCCCC)C(O)/C=C/CCCCCCCCCCCC. The third-order valence-corrected chi connectivity index (χ3v) is 14.9. The summed E-state index contributed by atoms with van der Waals surface area (Å²) in [5.74, 6) is -1.19. The van der Waals surface area contributed by atoms with Crippen molar-refractivity contribution in [2.75, 3.05) is 13.2 Å². The zero-order valence-corrected chi connectivity index (χ0v) is 50.0. The molecular formula is C67H119NO10. The van der Waals surface area contributed by atoms with Crippen molar-refractivity contribution < 1.29 is 49.3 Å². The number of aliphatic hydroxyl groups excluding tert-OH is 5. The Labute approximate surface area is 477 Å². The summed E-state index contributed by atoms with van der Waals surface area (Å²) in [5, 5.41) is 57.0. The van der Waals surface area contributed by atoms with E-state index in [0.29, 0.717) is 12.8 Å². The Balaban J connectivity index is 2.59. The lowest BCUT2D eigenvalue weighted by Crippen LogP contribution is -2.61. The van der Waals surface area contributed by atoms with Gasteiger partial charge in [-0.2, -0.15) is 0 Å². The minimum atomic E-state index is -1.61. The Kier molecular flexibility index (Phi) is 51.3. The smallest absolute Gasteiger partial charge is 0.306 e. The number of esters is 1. The van der Waals surface area contributed by atoms with Crippen LogP contribution >= 0.6 is 0 Å². The molecule has 1 fully saturated rings. The van der Waals surface area contributed by atoms with Crippen LogP contribution in [0.5, 0.6) is 0 Å². The highest BCUT2D eigenvalue weighted by atomic mass is 16.7. The molecule has 78 heavy (non-hydrogen) atoms. The van der Waals surface area contributed by atoms with Crippen molar-refractivity contribution in [3.63, 3.8) is 0 Å². The fourth-order valence-corrected chi connectivity index (χ4v) is 9.80. The number of nitrogens with one attached hydrogen (secondary N) is 1. The van der Waals surface area contributed by atoms with Gasteiger partial charge >= 0.3 is 5.97 Å². The fraction of sp³-hybridized carbons (Fsp3) is 0.791. The highest BCUT2D eigenvalue weighted by molar-refractivity contribution is 5.80. The van der Waals surface area contributed by atoms with Crippen molar-refractivity contribution in [3.05, 3.63) is 72.9 Å². The largest absolute Gasteiger partial charge is 0.454 e. The molecule has 8 atom stereocenters. The molecule has 1 aliphatic rings. The molecule has 1 rings (SSSR count). The second-order valence-corrected chi connectivity index (χ2v) is 22.1. The van der Waals surface area contributed by atoms with Gasteiger partial charge < -0.3 is 45.1 Å². The molecule has 1 amide bonds. The van der Waals surface area contributed by atoms with Gasteiger partial charge in [-0.15, -0.1) is 0 Å². The Hall–Kier alpha value is -2.90. The number of aliphatic hydroxyl groups is 5. The molecule has 0 radical (unpaired) electrons. The molecule has 0 aliphatic carbocycles. The van der Waals surface area contributed by atoms with E-state index in [0.717, 1.165) is 96.3 Å². The average molecular weight is 1100 g/mol. The molecule has 0 bridgehead atoms. The minimum Gasteiger partial charge on any atom is -0.454 e. The van der Waals surface area contributed by atoms with Gasteiger partial charge in [0, 0.05) is 6.42 Å². The normalized spacial score (nSPS) is 19.4. The van der Waals surface area contributed by atoms with Crippen LogP contribution in [0, 0.1) is 0 Å².